The molecule has 3 rings (SSSR count). The fraction of sp³-hybridized carbons (Fsp3) is 0.692. The number of hydrogen-bond acceptors (Lipinski definition) is 5. The van der Waals surface area contributed by atoms with Gasteiger partial charge in [0.25, 0.3) is 0 Å². The molecule has 112 valence electrons. The van der Waals surface area contributed by atoms with E-state index in [2.05, 4.69) is 10.0 Å². The lowest BCUT2D eigenvalue weighted by Gasteiger charge is -2.22. The quantitative estimate of drug-likeness (QED) is 0.834. The molecule has 2 N–H and O–H groups in total. The lowest BCUT2D eigenvalue weighted by Crippen LogP contribution is -2.46. The van der Waals surface area contributed by atoms with Gasteiger partial charge < -0.3 is 10.1 Å². The molecule has 1 unspecified atom stereocenters. The maximum atomic E-state index is 12.4. The van der Waals surface area contributed by atoms with Crippen molar-refractivity contribution in [2.75, 3.05) is 13.2 Å². The fourth-order valence-electron chi connectivity index (χ4n) is 2.26. The van der Waals surface area contributed by atoms with E-state index in [4.69, 9.17) is 4.74 Å². The van der Waals surface area contributed by atoms with Crippen LogP contribution in [0.2, 0.25) is 0 Å². The first-order valence-electron chi connectivity index (χ1n) is 6.89. The molecule has 2 aliphatic rings. The minimum atomic E-state index is -3.45. The first kappa shape index (κ1) is 14.5. The first-order valence-corrected chi connectivity index (χ1v) is 9.26. The van der Waals surface area contributed by atoms with Crippen LogP contribution in [0.3, 0.4) is 0 Å². The van der Waals surface area contributed by atoms with E-state index in [0.717, 1.165) is 11.4 Å². The molecule has 2 fully saturated rings. The molecule has 1 aromatic rings. The molecule has 0 radical (unpaired) electrons. The van der Waals surface area contributed by atoms with Crippen LogP contribution in [0, 0.1) is 0 Å². The van der Waals surface area contributed by atoms with Crippen molar-refractivity contribution < 1.29 is 13.2 Å². The Morgan fingerprint density at radius 2 is 2.30 bits per heavy atom. The third-order valence-corrected chi connectivity index (χ3v) is 6.39. The second-order valence-electron chi connectivity index (χ2n) is 5.87. The van der Waals surface area contributed by atoms with Crippen LogP contribution in [0.5, 0.6) is 0 Å². The summed E-state index contributed by atoms with van der Waals surface area (Å²) in [4.78, 5) is 1.42. The van der Waals surface area contributed by atoms with Gasteiger partial charge in [0.2, 0.25) is 10.0 Å². The van der Waals surface area contributed by atoms with E-state index in [1.54, 1.807) is 11.4 Å². The molecule has 1 atom stereocenters. The maximum absolute atomic E-state index is 12.4. The number of sulfonamides is 1. The molecular weight excluding hydrogens is 296 g/mol. The minimum Gasteiger partial charge on any atom is -0.379 e. The van der Waals surface area contributed by atoms with Gasteiger partial charge in [-0.1, -0.05) is 0 Å². The topological polar surface area (TPSA) is 67.4 Å². The highest BCUT2D eigenvalue weighted by Gasteiger charge is 2.34. The Bertz CT molecular complexity index is 572. The molecule has 0 bridgehead atoms. The van der Waals surface area contributed by atoms with Crippen LogP contribution in [-0.2, 0) is 21.3 Å². The molecule has 1 aromatic heterocycles. The van der Waals surface area contributed by atoms with Crippen molar-refractivity contribution in [3.05, 3.63) is 16.3 Å². The van der Waals surface area contributed by atoms with Crippen LogP contribution in [-0.4, -0.2) is 33.2 Å². The van der Waals surface area contributed by atoms with Crippen LogP contribution in [0.15, 0.2) is 16.3 Å². The predicted molar refractivity (Wildman–Crippen MR) is 78.3 cm³/mol. The molecule has 1 aliphatic carbocycles. The zero-order valence-corrected chi connectivity index (χ0v) is 13.1. The van der Waals surface area contributed by atoms with Gasteiger partial charge in [0.15, 0.2) is 0 Å². The highest BCUT2D eigenvalue weighted by Crippen LogP contribution is 2.25. The normalized spacial score (nSPS) is 27.1. The molecule has 1 aliphatic heterocycles. The maximum Gasteiger partial charge on any atom is 0.241 e. The van der Waals surface area contributed by atoms with Crippen LogP contribution >= 0.6 is 11.3 Å². The van der Waals surface area contributed by atoms with Gasteiger partial charge in [-0.05, 0) is 32.3 Å². The van der Waals surface area contributed by atoms with Gasteiger partial charge in [0, 0.05) is 29.5 Å². The second kappa shape index (κ2) is 5.38. The van der Waals surface area contributed by atoms with Gasteiger partial charge in [-0.25, -0.2) is 13.1 Å². The smallest absolute Gasteiger partial charge is 0.241 e. The van der Waals surface area contributed by atoms with Gasteiger partial charge in [0.1, 0.15) is 0 Å². The van der Waals surface area contributed by atoms with Crippen LogP contribution in [0.1, 0.15) is 31.1 Å². The van der Waals surface area contributed by atoms with Crippen molar-refractivity contribution in [1.82, 2.24) is 10.0 Å². The predicted octanol–water partition coefficient (Wildman–Crippen LogP) is 1.46. The lowest BCUT2D eigenvalue weighted by molar-refractivity contribution is 0.178. The van der Waals surface area contributed by atoms with Gasteiger partial charge in [0.05, 0.1) is 17.0 Å². The number of ether oxygens (including phenoxy) is 1. The Hall–Kier alpha value is -0.470. The van der Waals surface area contributed by atoms with E-state index in [-0.39, 0.29) is 0 Å². The van der Waals surface area contributed by atoms with Crippen molar-refractivity contribution in [3.8, 4) is 0 Å². The third-order valence-electron chi connectivity index (χ3n) is 3.68. The largest absolute Gasteiger partial charge is 0.379 e. The zero-order valence-electron chi connectivity index (χ0n) is 11.5. The summed E-state index contributed by atoms with van der Waals surface area (Å²) in [7, 11) is -3.45. The molecule has 0 amide bonds. The van der Waals surface area contributed by atoms with Crippen molar-refractivity contribution in [3.63, 3.8) is 0 Å². The number of thiophene rings is 1. The van der Waals surface area contributed by atoms with E-state index in [9.17, 15) is 8.42 Å². The molecule has 5 nitrogen and oxygen atoms in total. The first-order chi connectivity index (χ1) is 9.47. The molecule has 0 spiro atoms. The molecule has 1 saturated carbocycles. The van der Waals surface area contributed by atoms with Gasteiger partial charge in [-0.3, -0.25) is 0 Å². The highest BCUT2D eigenvalue weighted by molar-refractivity contribution is 7.89. The summed E-state index contributed by atoms with van der Waals surface area (Å²) in [6.45, 7) is 3.69. The van der Waals surface area contributed by atoms with E-state index in [1.807, 2.05) is 6.92 Å². The second-order valence-corrected chi connectivity index (χ2v) is 8.55. The average molecular weight is 316 g/mol. The summed E-state index contributed by atoms with van der Waals surface area (Å²) in [6.07, 6.45) is 3.18. The number of hydrogen-bond donors (Lipinski definition) is 2. The Kier molecular flexibility index (Phi) is 3.89. The van der Waals surface area contributed by atoms with Crippen molar-refractivity contribution >= 4 is 21.4 Å². The summed E-state index contributed by atoms with van der Waals surface area (Å²) in [6, 6.07) is 2.39. The van der Waals surface area contributed by atoms with Crippen LogP contribution in [0.25, 0.3) is 0 Å². The fourth-order valence-corrected chi connectivity index (χ4v) is 4.91. The van der Waals surface area contributed by atoms with Gasteiger partial charge in [-0.15, -0.1) is 11.3 Å². The van der Waals surface area contributed by atoms with Gasteiger partial charge in [-0.2, -0.15) is 0 Å². The molecule has 2 heterocycles. The number of nitrogens with one attached hydrogen (secondary N) is 2. The Balaban J connectivity index is 1.66. The Labute approximate surface area is 123 Å². The third kappa shape index (κ3) is 3.40. The zero-order chi connectivity index (χ0) is 14.2. The van der Waals surface area contributed by atoms with Gasteiger partial charge >= 0.3 is 0 Å². The Morgan fingerprint density at radius 1 is 1.50 bits per heavy atom. The summed E-state index contributed by atoms with van der Waals surface area (Å²) in [5.41, 5.74) is -0.479. The van der Waals surface area contributed by atoms with E-state index < -0.39 is 15.6 Å². The summed E-state index contributed by atoms with van der Waals surface area (Å²) in [5, 5.41) is 5.11. The summed E-state index contributed by atoms with van der Waals surface area (Å²) >= 11 is 1.49. The molecule has 7 heteroatoms. The van der Waals surface area contributed by atoms with E-state index in [0.29, 0.717) is 30.6 Å². The van der Waals surface area contributed by atoms with Crippen molar-refractivity contribution in [2.24, 2.45) is 0 Å². The van der Waals surface area contributed by atoms with E-state index in [1.165, 1.54) is 24.2 Å². The monoisotopic (exact) mass is 316 g/mol. The van der Waals surface area contributed by atoms with Crippen molar-refractivity contribution in [2.45, 2.75) is 49.2 Å². The SMILES string of the molecule is CC1(NS(=O)(=O)c2csc(CNC3CC3)c2)CCOC1. The van der Waals surface area contributed by atoms with E-state index >= 15 is 0 Å². The number of rotatable bonds is 6. The minimum absolute atomic E-state index is 0.364. The van der Waals surface area contributed by atoms with Crippen molar-refractivity contribution in [1.29, 1.82) is 0 Å². The summed E-state index contributed by atoms with van der Waals surface area (Å²) < 4.78 is 32.8. The average Bonchev–Trinajstić information content (AvgIpc) is 2.90. The lowest BCUT2D eigenvalue weighted by atomic mass is 10.0. The molecular formula is C13H20N2O3S2. The highest BCUT2D eigenvalue weighted by atomic mass is 32.2. The molecule has 0 aromatic carbocycles. The molecule has 20 heavy (non-hydrogen) atoms. The molecule has 1 saturated heterocycles. The van der Waals surface area contributed by atoms with Crippen LogP contribution < -0.4 is 10.0 Å². The summed E-state index contributed by atoms with van der Waals surface area (Å²) in [5.74, 6) is 0. The standard InChI is InChI=1S/C13H20N2O3S2/c1-13(4-5-18-9-13)15-20(16,17)12-6-11(19-8-12)7-14-10-2-3-10/h6,8,10,14-15H,2-5,7,9H2,1H3. The van der Waals surface area contributed by atoms with Crippen LogP contribution in [0.4, 0.5) is 0 Å². The Morgan fingerprint density at radius 3 is 2.95 bits per heavy atom.